The lowest BCUT2D eigenvalue weighted by molar-refractivity contribution is 0.101. The molecule has 0 amide bonds. The number of hydrogen-bond acceptors (Lipinski definition) is 4. The minimum Gasteiger partial charge on any atom is -0.497 e. The number of furan rings is 1. The molecule has 0 fully saturated rings. The second-order valence-electron chi connectivity index (χ2n) is 4.95. The lowest BCUT2D eigenvalue weighted by atomic mass is 10.00. The minimum atomic E-state index is -0.162. The third-order valence-electron chi connectivity index (χ3n) is 3.50. The van der Waals surface area contributed by atoms with Crippen LogP contribution in [0.1, 0.15) is 21.7 Å². The number of methoxy groups -OCH3 is 1. The van der Waals surface area contributed by atoms with E-state index < -0.39 is 0 Å². The van der Waals surface area contributed by atoms with E-state index in [1.807, 2.05) is 18.2 Å². The fourth-order valence-corrected chi connectivity index (χ4v) is 2.31. The zero-order chi connectivity index (χ0) is 16.2. The molecule has 0 saturated carbocycles. The summed E-state index contributed by atoms with van der Waals surface area (Å²) in [5.41, 5.74) is 2.83. The van der Waals surface area contributed by atoms with Crippen LogP contribution in [-0.4, -0.2) is 12.9 Å². The summed E-state index contributed by atoms with van der Waals surface area (Å²) in [5.74, 6) is 0.769. The first-order valence-corrected chi connectivity index (χ1v) is 6.99. The van der Waals surface area contributed by atoms with Crippen molar-refractivity contribution in [2.75, 3.05) is 7.11 Å². The molecule has 23 heavy (non-hydrogen) atoms. The summed E-state index contributed by atoms with van der Waals surface area (Å²) in [6, 6.07) is 17.9. The van der Waals surface area contributed by atoms with E-state index >= 15 is 0 Å². The van der Waals surface area contributed by atoms with Gasteiger partial charge in [0.05, 0.1) is 25.0 Å². The Kier molecular flexibility index (Phi) is 3.94. The van der Waals surface area contributed by atoms with E-state index in [1.165, 1.54) is 6.26 Å². The summed E-state index contributed by atoms with van der Waals surface area (Å²) in [5, 5.41) is 9.09. The molecule has 1 heterocycles. The smallest absolute Gasteiger partial charge is 0.228 e. The fraction of sp³-hybridized carbons (Fsp3) is 0.0526. The first-order chi connectivity index (χ1) is 11.2. The molecule has 0 aliphatic carbocycles. The molecule has 0 radical (unpaired) electrons. The maximum Gasteiger partial charge on any atom is 0.228 e. The molecular formula is C19H13NO3. The van der Waals surface area contributed by atoms with Crippen LogP contribution in [0.4, 0.5) is 0 Å². The molecule has 3 rings (SSSR count). The quantitative estimate of drug-likeness (QED) is 0.682. The maximum absolute atomic E-state index is 12.2. The van der Waals surface area contributed by atoms with Gasteiger partial charge >= 0.3 is 0 Å². The summed E-state index contributed by atoms with van der Waals surface area (Å²) in [4.78, 5) is 12.2. The van der Waals surface area contributed by atoms with Gasteiger partial charge in [0.25, 0.3) is 0 Å². The van der Waals surface area contributed by atoms with Crippen molar-refractivity contribution >= 4 is 5.78 Å². The largest absolute Gasteiger partial charge is 0.497 e. The van der Waals surface area contributed by atoms with Crippen molar-refractivity contribution in [3.63, 3.8) is 0 Å². The van der Waals surface area contributed by atoms with Crippen LogP contribution in [0.15, 0.2) is 65.3 Å². The highest BCUT2D eigenvalue weighted by Gasteiger charge is 2.12. The van der Waals surface area contributed by atoms with Gasteiger partial charge in [0.15, 0.2) is 5.76 Å². The second-order valence-corrected chi connectivity index (χ2v) is 4.95. The van der Waals surface area contributed by atoms with E-state index in [9.17, 15) is 4.79 Å². The Bertz CT molecular complexity index is 872. The topological polar surface area (TPSA) is 63.2 Å². The molecule has 4 heteroatoms. The highest BCUT2D eigenvalue weighted by Crippen LogP contribution is 2.26. The van der Waals surface area contributed by atoms with Crippen molar-refractivity contribution in [3.05, 3.63) is 77.7 Å². The van der Waals surface area contributed by atoms with Gasteiger partial charge in [0.2, 0.25) is 5.78 Å². The van der Waals surface area contributed by atoms with Crippen molar-refractivity contribution in [1.82, 2.24) is 0 Å². The van der Waals surface area contributed by atoms with Gasteiger partial charge < -0.3 is 9.15 Å². The molecule has 3 aromatic rings. The molecular weight excluding hydrogens is 290 g/mol. The van der Waals surface area contributed by atoms with Crippen molar-refractivity contribution < 1.29 is 13.9 Å². The predicted molar refractivity (Wildman–Crippen MR) is 85.3 cm³/mol. The first kappa shape index (κ1) is 14.6. The molecule has 4 nitrogen and oxygen atoms in total. The van der Waals surface area contributed by atoms with E-state index in [0.29, 0.717) is 22.6 Å². The average Bonchev–Trinajstić information content (AvgIpc) is 3.15. The van der Waals surface area contributed by atoms with Crippen LogP contribution in [-0.2, 0) is 0 Å². The molecule has 0 aliphatic rings. The third-order valence-corrected chi connectivity index (χ3v) is 3.50. The van der Waals surface area contributed by atoms with Crippen LogP contribution in [0.2, 0.25) is 0 Å². The molecule has 0 N–H and O–H groups in total. The van der Waals surface area contributed by atoms with Crippen molar-refractivity contribution in [2.24, 2.45) is 0 Å². The van der Waals surface area contributed by atoms with Gasteiger partial charge in [-0.2, -0.15) is 5.26 Å². The maximum atomic E-state index is 12.2. The predicted octanol–water partition coefficient (Wildman–Crippen LogP) is 4.06. The standard InChI is InChI=1S/C19H13NO3/c1-22-17-10-13(12-20)9-16(11-17)14-4-6-15(7-5-14)19(21)18-3-2-8-23-18/h2-11H,1H3. The minimum absolute atomic E-state index is 0.162. The van der Waals surface area contributed by atoms with Crippen LogP contribution in [0, 0.1) is 11.3 Å². The molecule has 2 aromatic carbocycles. The van der Waals surface area contributed by atoms with Crippen LogP contribution in [0.25, 0.3) is 11.1 Å². The Morgan fingerprint density at radius 3 is 2.48 bits per heavy atom. The molecule has 0 saturated heterocycles. The van der Waals surface area contributed by atoms with E-state index in [2.05, 4.69) is 6.07 Å². The average molecular weight is 303 g/mol. The number of ketones is 1. The van der Waals surface area contributed by atoms with E-state index in [4.69, 9.17) is 14.4 Å². The van der Waals surface area contributed by atoms with E-state index in [0.717, 1.165) is 11.1 Å². The first-order valence-electron chi connectivity index (χ1n) is 6.99. The van der Waals surface area contributed by atoms with Crippen molar-refractivity contribution in [3.8, 4) is 22.9 Å². The highest BCUT2D eigenvalue weighted by molar-refractivity contribution is 6.07. The van der Waals surface area contributed by atoms with Gasteiger partial charge in [0.1, 0.15) is 5.75 Å². The molecule has 0 aliphatic heterocycles. The van der Waals surface area contributed by atoms with Gasteiger partial charge in [-0.15, -0.1) is 0 Å². The molecule has 1 aromatic heterocycles. The summed E-state index contributed by atoms with van der Waals surface area (Å²) < 4.78 is 10.3. The number of nitriles is 1. The third kappa shape index (κ3) is 2.99. The molecule has 0 spiro atoms. The van der Waals surface area contributed by atoms with Crippen LogP contribution < -0.4 is 4.74 Å². The van der Waals surface area contributed by atoms with Crippen LogP contribution in [0.5, 0.6) is 5.75 Å². The molecule has 0 atom stereocenters. The Balaban J connectivity index is 1.94. The fourth-order valence-electron chi connectivity index (χ4n) is 2.31. The van der Waals surface area contributed by atoms with Crippen molar-refractivity contribution in [1.29, 1.82) is 5.26 Å². The second kappa shape index (κ2) is 6.20. The number of carbonyl (C=O) groups is 1. The normalized spacial score (nSPS) is 10.1. The number of rotatable bonds is 4. The summed E-state index contributed by atoms with van der Waals surface area (Å²) in [7, 11) is 1.56. The van der Waals surface area contributed by atoms with Gasteiger partial charge in [-0.05, 0) is 41.5 Å². The Labute approximate surface area is 133 Å². The van der Waals surface area contributed by atoms with Gasteiger partial charge in [-0.25, -0.2) is 0 Å². The van der Waals surface area contributed by atoms with E-state index in [-0.39, 0.29) is 5.78 Å². The number of benzene rings is 2. The van der Waals surface area contributed by atoms with E-state index in [1.54, 1.807) is 43.5 Å². The zero-order valence-electron chi connectivity index (χ0n) is 12.4. The van der Waals surface area contributed by atoms with Crippen LogP contribution in [0.3, 0.4) is 0 Å². The Morgan fingerprint density at radius 1 is 1.09 bits per heavy atom. The Morgan fingerprint density at radius 2 is 1.87 bits per heavy atom. The van der Waals surface area contributed by atoms with Gasteiger partial charge in [-0.3, -0.25) is 4.79 Å². The lowest BCUT2D eigenvalue weighted by Crippen LogP contribution is -1.99. The summed E-state index contributed by atoms with van der Waals surface area (Å²) in [6.07, 6.45) is 1.47. The van der Waals surface area contributed by atoms with Crippen molar-refractivity contribution in [2.45, 2.75) is 0 Å². The monoisotopic (exact) mass is 303 g/mol. The van der Waals surface area contributed by atoms with Gasteiger partial charge in [0, 0.05) is 5.56 Å². The Hall–Kier alpha value is -3.32. The van der Waals surface area contributed by atoms with Crippen LogP contribution >= 0.6 is 0 Å². The lowest BCUT2D eigenvalue weighted by Gasteiger charge is -2.07. The zero-order valence-corrected chi connectivity index (χ0v) is 12.4. The summed E-state index contributed by atoms with van der Waals surface area (Å²) in [6.45, 7) is 0. The molecule has 0 unspecified atom stereocenters. The highest BCUT2D eigenvalue weighted by atomic mass is 16.5. The summed E-state index contributed by atoms with van der Waals surface area (Å²) >= 11 is 0. The molecule has 112 valence electrons. The SMILES string of the molecule is COc1cc(C#N)cc(-c2ccc(C(=O)c3ccco3)cc2)c1. The number of hydrogen-bond donors (Lipinski definition) is 0. The molecule has 0 bridgehead atoms. The number of ether oxygens (including phenoxy) is 1. The number of carbonyl (C=O) groups excluding carboxylic acids is 1. The number of nitrogens with zero attached hydrogens (tertiary/aromatic N) is 1. The van der Waals surface area contributed by atoms with Gasteiger partial charge in [-0.1, -0.05) is 24.3 Å².